The van der Waals surface area contributed by atoms with E-state index in [-0.39, 0.29) is 11.8 Å². The van der Waals surface area contributed by atoms with Crippen LogP contribution < -0.4 is 9.86 Å². The van der Waals surface area contributed by atoms with E-state index in [1.165, 1.54) is 0 Å². The van der Waals surface area contributed by atoms with Crippen LogP contribution in [0.15, 0.2) is 0 Å². The lowest BCUT2D eigenvalue weighted by molar-refractivity contribution is -0.132. The van der Waals surface area contributed by atoms with Crippen LogP contribution >= 0.6 is 0 Å². The summed E-state index contributed by atoms with van der Waals surface area (Å²) in [5.74, 6) is 0.294. The maximum absolute atomic E-state index is 11.5. The first-order chi connectivity index (χ1) is 7.42. The topological polar surface area (TPSA) is 92.5 Å². The normalized spacial score (nSPS) is 22.1. The van der Waals surface area contributed by atoms with Gasteiger partial charge in [0, 0.05) is 26.1 Å². The zero-order valence-corrected chi connectivity index (χ0v) is 10.3. The SMILES string of the molecule is CCC(=O)N1CCC[C@@H](CNS(N)(=O)=O)C1. The summed E-state index contributed by atoms with van der Waals surface area (Å²) in [6.07, 6.45) is 2.34. The third-order valence-electron chi connectivity index (χ3n) is 2.75. The van der Waals surface area contributed by atoms with Crippen molar-refractivity contribution < 1.29 is 13.2 Å². The van der Waals surface area contributed by atoms with Gasteiger partial charge in [0.05, 0.1) is 0 Å². The first-order valence-corrected chi connectivity index (χ1v) is 7.02. The molecule has 3 N–H and O–H groups in total. The van der Waals surface area contributed by atoms with E-state index < -0.39 is 10.2 Å². The fraction of sp³-hybridized carbons (Fsp3) is 0.889. The highest BCUT2D eigenvalue weighted by Gasteiger charge is 2.23. The maximum atomic E-state index is 11.5. The Morgan fingerprint density at radius 3 is 2.81 bits per heavy atom. The average molecular weight is 249 g/mol. The van der Waals surface area contributed by atoms with Gasteiger partial charge in [-0.25, -0.2) is 9.86 Å². The smallest absolute Gasteiger partial charge is 0.274 e. The Morgan fingerprint density at radius 2 is 2.25 bits per heavy atom. The molecule has 0 aliphatic carbocycles. The Labute approximate surface area is 96.4 Å². The van der Waals surface area contributed by atoms with Gasteiger partial charge < -0.3 is 4.90 Å². The zero-order valence-electron chi connectivity index (χ0n) is 9.48. The largest absolute Gasteiger partial charge is 0.342 e. The molecule has 0 aromatic heterocycles. The van der Waals surface area contributed by atoms with Gasteiger partial charge in [-0.1, -0.05) is 6.92 Å². The van der Waals surface area contributed by atoms with Gasteiger partial charge in [0.2, 0.25) is 5.91 Å². The molecule has 1 saturated heterocycles. The summed E-state index contributed by atoms with van der Waals surface area (Å²) in [5.41, 5.74) is 0. The van der Waals surface area contributed by atoms with Crippen molar-refractivity contribution in [3.8, 4) is 0 Å². The van der Waals surface area contributed by atoms with Gasteiger partial charge in [-0.2, -0.15) is 8.42 Å². The lowest BCUT2D eigenvalue weighted by Gasteiger charge is -2.32. The second-order valence-corrected chi connectivity index (χ2v) is 5.47. The molecule has 0 bridgehead atoms. The molecule has 1 heterocycles. The number of hydrogen-bond acceptors (Lipinski definition) is 3. The fourth-order valence-electron chi connectivity index (χ4n) is 1.92. The highest BCUT2D eigenvalue weighted by atomic mass is 32.2. The van der Waals surface area contributed by atoms with E-state index in [1.807, 2.05) is 6.92 Å². The molecule has 0 aromatic carbocycles. The third-order valence-corrected chi connectivity index (χ3v) is 3.32. The Kier molecular flexibility index (Phi) is 4.69. The van der Waals surface area contributed by atoms with E-state index in [9.17, 15) is 13.2 Å². The minimum atomic E-state index is -3.62. The standard InChI is InChI=1S/C9H19N3O3S/c1-2-9(13)12-5-3-4-8(7-12)6-11-16(10,14)15/h8,11H,2-7H2,1H3,(H2,10,14,15)/t8-/m0/s1. The molecule has 0 radical (unpaired) electrons. The number of nitrogens with zero attached hydrogens (tertiary/aromatic N) is 1. The van der Waals surface area contributed by atoms with E-state index in [1.54, 1.807) is 4.90 Å². The van der Waals surface area contributed by atoms with Crippen molar-refractivity contribution in [1.82, 2.24) is 9.62 Å². The van der Waals surface area contributed by atoms with E-state index >= 15 is 0 Å². The molecule has 0 spiro atoms. The minimum absolute atomic E-state index is 0.125. The highest BCUT2D eigenvalue weighted by molar-refractivity contribution is 7.87. The number of hydrogen-bond donors (Lipinski definition) is 2. The van der Waals surface area contributed by atoms with E-state index in [0.717, 1.165) is 19.4 Å². The number of carbonyl (C=O) groups excluding carboxylic acids is 1. The van der Waals surface area contributed by atoms with Crippen LogP contribution in [-0.2, 0) is 15.0 Å². The Bertz CT molecular complexity index is 342. The van der Waals surface area contributed by atoms with Gasteiger partial charge in [0.25, 0.3) is 10.2 Å². The van der Waals surface area contributed by atoms with Crippen molar-refractivity contribution in [2.45, 2.75) is 26.2 Å². The van der Waals surface area contributed by atoms with Gasteiger partial charge in [-0.3, -0.25) is 4.79 Å². The summed E-state index contributed by atoms with van der Waals surface area (Å²) in [6.45, 7) is 3.54. The van der Waals surface area contributed by atoms with Crippen LogP contribution in [0.4, 0.5) is 0 Å². The molecule has 0 unspecified atom stereocenters. The number of nitrogens with one attached hydrogen (secondary N) is 1. The van der Waals surface area contributed by atoms with Gasteiger partial charge in [0.15, 0.2) is 0 Å². The molecule has 6 nitrogen and oxygen atoms in total. The van der Waals surface area contributed by atoms with Crippen LogP contribution in [0.3, 0.4) is 0 Å². The minimum Gasteiger partial charge on any atom is -0.342 e. The number of piperidine rings is 1. The predicted octanol–water partition coefficient (Wildman–Crippen LogP) is -0.572. The van der Waals surface area contributed by atoms with Crippen molar-refractivity contribution >= 4 is 16.1 Å². The van der Waals surface area contributed by atoms with E-state index in [4.69, 9.17) is 5.14 Å². The van der Waals surface area contributed by atoms with Crippen molar-refractivity contribution in [2.24, 2.45) is 11.1 Å². The fourth-order valence-corrected chi connectivity index (χ4v) is 2.38. The van der Waals surface area contributed by atoms with Crippen LogP contribution in [0.2, 0.25) is 0 Å². The molecular weight excluding hydrogens is 230 g/mol. The quantitative estimate of drug-likeness (QED) is 0.698. The van der Waals surface area contributed by atoms with Crippen LogP contribution in [0.25, 0.3) is 0 Å². The zero-order chi connectivity index (χ0) is 12.2. The van der Waals surface area contributed by atoms with Crippen molar-refractivity contribution in [3.05, 3.63) is 0 Å². The molecule has 7 heteroatoms. The van der Waals surface area contributed by atoms with Gasteiger partial charge >= 0.3 is 0 Å². The van der Waals surface area contributed by atoms with E-state index in [0.29, 0.717) is 19.5 Å². The van der Waals surface area contributed by atoms with Crippen LogP contribution in [0, 0.1) is 5.92 Å². The van der Waals surface area contributed by atoms with Crippen molar-refractivity contribution in [1.29, 1.82) is 0 Å². The average Bonchev–Trinajstić information content (AvgIpc) is 2.25. The van der Waals surface area contributed by atoms with Gasteiger partial charge in [0.1, 0.15) is 0 Å². The van der Waals surface area contributed by atoms with Gasteiger partial charge in [-0.15, -0.1) is 0 Å². The second kappa shape index (κ2) is 5.60. The van der Waals surface area contributed by atoms with Crippen LogP contribution in [-0.4, -0.2) is 38.9 Å². The Morgan fingerprint density at radius 1 is 1.56 bits per heavy atom. The lowest BCUT2D eigenvalue weighted by atomic mass is 9.98. The molecule has 0 saturated carbocycles. The molecule has 0 aromatic rings. The molecular formula is C9H19N3O3S. The maximum Gasteiger partial charge on any atom is 0.274 e. The third kappa shape index (κ3) is 4.46. The monoisotopic (exact) mass is 249 g/mol. The molecule has 1 fully saturated rings. The first-order valence-electron chi connectivity index (χ1n) is 5.47. The summed E-state index contributed by atoms with van der Waals surface area (Å²) in [5, 5.41) is 4.85. The summed E-state index contributed by atoms with van der Waals surface area (Å²) < 4.78 is 23.7. The second-order valence-electron chi connectivity index (χ2n) is 4.10. The summed E-state index contributed by atoms with van der Waals surface area (Å²) >= 11 is 0. The first kappa shape index (κ1) is 13.4. The Balaban J connectivity index is 2.42. The molecule has 1 aliphatic heterocycles. The molecule has 94 valence electrons. The van der Waals surface area contributed by atoms with Crippen molar-refractivity contribution in [3.63, 3.8) is 0 Å². The highest BCUT2D eigenvalue weighted by Crippen LogP contribution is 2.16. The molecule has 16 heavy (non-hydrogen) atoms. The molecule has 1 aliphatic rings. The van der Waals surface area contributed by atoms with Crippen molar-refractivity contribution in [2.75, 3.05) is 19.6 Å². The number of nitrogens with two attached hydrogens (primary N) is 1. The van der Waals surface area contributed by atoms with Crippen LogP contribution in [0.1, 0.15) is 26.2 Å². The lowest BCUT2D eigenvalue weighted by Crippen LogP contribution is -2.44. The molecule has 1 amide bonds. The number of rotatable bonds is 4. The van der Waals surface area contributed by atoms with Crippen LogP contribution in [0.5, 0.6) is 0 Å². The Hall–Kier alpha value is -0.660. The van der Waals surface area contributed by atoms with E-state index in [2.05, 4.69) is 4.72 Å². The summed E-state index contributed by atoms with van der Waals surface area (Å²) in [4.78, 5) is 13.3. The number of amides is 1. The summed E-state index contributed by atoms with van der Waals surface area (Å²) in [7, 11) is -3.62. The summed E-state index contributed by atoms with van der Waals surface area (Å²) in [6, 6.07) is 0. The number of carbonyl (C=O) groups is 1. The molecule has 1 atom stereocenters. The predicted molar refractivity (Wildman–Crippen MR) is 60.7 cm³/mol. The number of likely N-dealkylation sites (tertiary alicyclic amines) is 1. The van der Waals surface area contributed by atoms with Gasteiger partial charge in [-0.05, 0) is 18.8 Å². The molecule has 1 rings (SSSR count).